The van der Waals surface area contributed by atoms with E-state index < -0.39 is 6.10 Å². The SMILES string of the molecule is COc1cc2c(cc1OC)[C@@H]1Cc3cc(OC)c(OC)c(OC)c3[C@@H](C)N1C[C@@H]2O. The molecule has 0 bridgehead atoms. The number of hydrogen-bond acceptors (Lipinski definition) is 7. The maximum Gasteiger partial charge on any atom is 0.203 e. The number of fused-ring (bicyclic) bond motifs is 4. The minimum Gasteiger partial charge on any atom is -0.493 e. The molecule has 0 aliphatic carbocycles. The highest BCUT2D eigenvalue weighted by atomic mass is 16.5. The average Bonchev–Trinajstić information content (AvgIpc) is 2.77. The summed E-state index contributed by atoms with van der Waals surface area (Å²) in [6, 6.07) is 6.03. The van der Waals surface area contributed by atoms with Crippen LogP contribution in [0.15, 0.2) is 18.2 Å². The van der Waals surface area contributed by atoms with Crippen molar-refractivity contribution in [3.8, 4) is 28.7 Å². The lowest BCUT2D eigenvalue weighted by Gasteiger charge is -2.47. The van der Waals surface area contributed by atoms with Gasteiger partial charge >= 0.3 is 0 Å². The Kier molecular flexibility index (Phi) is 5.42. The van der Waals surface area contributed by atoms with Crippen molar-refractivity contribution in [3.05, 3.63) is 40.5 Å². The standard InChI is InChI=1S/C23H29NO6/c1-12-21-13(8-20(28-4)22(29-5)23(21)30-6)7-16-14-9-18(26-2)19(27-3)10-15(14)17(25)11-24(12)16/h8-10,12,16-17,25H,7,11H2,1-6H3/t12-,16+,17+/m1/s1. The molecule has 0 radical (unpaired) electrons. The molecular weight excluding hydrogens is 386 g/mol. The van der Waals surface area contributed by atoms with Gasteiger partial charge in [-0.1, -0.05) is 0 Å². The van der Waals surface area contributed by atoms with E-state index in [1.807, 2.05) is 18.2 Å². The molecule has 0 saturated heterocycles. The molecule has 0 aromatic heterocycles. The molecular formula is C23H29NO6. The number of ether oxygens (including phenoxy) is 5. The van der Waals surface area contributed by atoms with Gasteiger partial charge in [-0.3, -0.25) is 4.90 Å². The molecule has 30 heavy (non-hydrogen) atoms. The van der Waals surface area contributed by atoms with Gasteiger partial charge < -0.3 is 28.8 Å². The summed E-state index contributed by atoms with van der Waals surface area (Å²) in [7, 11) is 8.13. The van der Waals surface area contributed by atoms with E-state index in [9.17, 15) is 5.11 Å². The zero-order valence-electron chi connectivity index (χ0n) is 18.3. The summed E-state index contributed by atoms with van der Waals surface area (Å²) >= 11 is 0. The Hall–Kier alpha value is -2.64. The molecule has 0 amide bonds. The molecule has 2 aromatic rings. The fourth-order valence-corrected chi connectivity index (χ4v) is 4.98. The molecule has 0 saturated carbocycles. The molecule has 1 N–H and O–H groups in total. The van der Waals surface area contributed by atoms with Crippen LogP contribution in [-0.2, 0) is 6.42 Å². The van der Waals surface area contributed by atoms with Crippen molar-refractivity contribution in [2.75, 3.05) is 42.1 Å². The summed E-state index contributed by atoms with van der Waals surface area (Å²) in [5.41, 5.74) is 4.16. The second-order valence-corrected chi connectivity index (χ2v) is 7.66. The molecule has 2 aliphatic heterocycles. The van der Waals surface area contributed by atoms with E-state index in [2.05, 4.69) is 11.8 Å². The van der Waals surface area contributed by atoms with Gasteiger partial charge in [0.15, 0.2) is 23.0 Å². The average molecular weight is 415 g/mol. The highest BCUT2D eigenvalue weighted by molar-refractivity contribution is 5.62. The number of nitrogens with zero attached hydrogens (tertiary/aromatic N) is 1. The van der Waals surface area contributed by atoms with Crippen LogP contribution >= 0.6 is 0 Å². The molecule has 0 fully saturated rings. The highest BCUT2D eigenvalue weighted by Crippen LogP contribution is 2.53. The van der Waals surface area contributed by atoms with Gasteiger partial charge in [0.25, 0.3) is 0 Å². The third kappa shape index (κ3) is 2.96. The lowest BCUT2D eigenvalue weighted by molar-refractivity contribution is 0.0316. The number of rotatable bonds is 5. The second kappa shape index (κ2) is 7.89. The largest absolute Gasteiger partial charge is 0.493 e. The summed E-state index contributed by atoms with van der Waals surface area (Å²) in [6.07, 6.45) is 0.136. The molecule has 0 spiro atoms. The van der Waals surface area contributed by atoms with E-state index in [0.717, 1.165) is 28.7 Å². The fraction of sp³-hybridized carbons (Fsp3) is 0.478. The van der Waals surface area contributed by atoms with E-state index in [-0.39, 0.29) is 12.1 Å². The van der Waals surface area contributed by atoms with Gasteiger partial charge in [0.1, 0.15) is 0 Å². The molecule has 2 aromatic carbocycles. The van der Waals surface area contributed by atoms with Gasteiger partial charge in [-0.05, 0) is 48.2 Å². The minimum absolute atomic E-state index is 0.0180. The van der Waals surface area contributed by atoms with Crippen molar-refractivity contribution in [2.24, 2.45) is 0 Å². The Labute approximate surface area is 177 Å². The molecule has 3 atom stereocenters. The third-order valence-corrected chi connectivity index (χ3v) is 6.37. The predicted octanol–water partition coefficient (Wildman–Crippen LogP) is 3.44. The van der Waals surface area contributed by atoms with Crippen molar-refractivity contribution >= 4 is 0 Å². The van der Waals surface area contributed by atoms with Crippen molar-refractivity contribution in [1.82, 2.24) is 4.90 Å². The summed E-state index contributed by atoms with van der Waals surface area (Å²) < 4.78 is 27.9. The van der Waals surface area contributed by atoms with Gasteiger partial charge in [-0.2, -0.15) is 0 Å². The smallest absolute Gasteiger partial charge is 0.203 e. The van der Waals surface area contributed by atoms with Gasteiger partial charge in [-0.15, -0.1) is 0 Å². The lowest BCUT2D eigenvalue weighted by Crippen LogP contribution is -2.43. The maximum atomic E-state index is 10.9. The Morgan fingerprint density at radius 3 is 1.97 bits per heavy atom. The molecule has 162 valence electrons. The topological polar surface area (TPSA) is 69.6 Å². The normalized spacial score (nSPS) is 22.4. The summed E-state index contributed by atoms with van der Waals surface area (Å²) in [6.45, 7) is 2.66. The molecule has 4 rings (SSSR count). The number of methoxy groups -OCH3 is 5. The molecule has 2 heterocycles. The highest BCUT2D eigenvalue weighted by Gasteiger charge is 2.42. The number of benzene rings is 2. The minimum atomic E-state index is -0.619. The van der Waals surface area contributed by atoms with Crippen molar-refractivity contribution in [2.45, 2.75) is 31.5 Å². The molecule has 7 heteroatoms. The van der Waals surface area contributed by atoms with Crippen molar-refractivity contribution in [1.29, 1.82) is 0 Å². The van der Waals surface area contributed by atoms with Crippen molar-refractivity contribution < 1.29 is 28.8 Å². The summed E-state index contributed by atoms with van der Waals surface area (Å²) in [5, 5.41) is 10.9. The quantitative estimate of drug-likeness (QED) is 0.802. The van der Waals surface area contributed by atoms with Crippen LogP contribution in [-0.4, -0.2) is 52.1 Å². The monoisotopic (exact) mass is 415 g/mol. The van der Waals surface area contributed by atoms with Crippen LogP contribution in [0.3, 0.4) is 0 Å². The van der Waals surface area contributed by atoms with Gasteiger partial charge in [-0.25, -0.2) is 0 Å². The fourth-order valence-electron chi connectivity index (χ4n) is 4.98. The first-order valence-electron chi connectivity index (χ1n) is 10.00. The molecule has 0 unspecified atom stereocenters. The Morgan fingerprint density at radius 2 is 1.40 bits per heavy atom. The number of aliphatic hydroxyl groups is 1. The van der Waals surface area contributed by atoms with Crippen LogP contribution in [0.2, 0.25) is 0 Å². The van der Waals surface area contributed by atoms with Crippen LogP contribution < -0.4 is 23.7 Å². The van der Waals surface area contributed by atoms with E-state index in [1.54, 1.807) is 35.5 Å². The van der Waals surface area contributed by atoms with Gasteiger partial charge in [0.05, 0.1) is 41.7 Å². The first-order valence-corrected chi connectivity index (χ1v) is 10.00. The lowest BCUT2D eigenvalue weighted by atomic mass is 9.79. The molecule has 7 nitrogen and oxygen atoms in total. The molecule has 2 aliphatic rings. The number of hydrogen-bond donors (Lipinski definition) is 1. The van der Waals surface area contributed by atoms with Crippen LogP contribution in [0.4, 0.5) is 0 Å². The summed E-state index contributed by atoms with van der Waals surface area (Å²) in [4.78, 5) is 2.32. The number of aliphatic hydroxyl groups excluding tert-OH is 1. The zero-order chi connectivity index (χ0) is 21.6. The summed E-state index contributed by atoms with van der Waals surface area (Å²) in [5.74, 6) is 3.21. The van der Waals surface area contributed by atoms with Crippen LogP contribution in [0.1, 0.15) is 47.4 Å². The Balaban J connectivity index is 1.89. The second-order valence-electron chi connectivity index (χ2n) is 7.66. The van der Waals surface area contributed by atoms with E-state index in [0.29, 0.717) is 35.3 Å². The van der Waals surface area contributed by atoms with Crippen LogP contribution in [0.25, 0.3) is 0 Å². The van der Waals surface area contributed by atoms with E-state index >= 15 is 0 Å². The van der Waals surface area contributed by atoms with Crippen LogP contribution in [0, 0.1) is 0 Å². The third-order valence-electron chi connectivity index (χ3n) is 6.37. The Bertz CT molecular complexity index is 959. The van der Waals surface area contributed by atoms with Gasteiger partial charge in [0.2, 0.25) is 5.75 Å². The predicted molar refractivity (Wildman–Crippen MR) is 112 cm³/mol. The first-order chi connectivity index (χ1) is 14.5. The Morgan fingerprint density at radius 1 is 0.800 bits per heavy atom. The van der Waals surface area contributed by atoms with E-state index in [1.165, 1.54) is 0 Å². The van der Waals surface area contributed by atoms with Gasteiger partial charge in [0, 0.05) is 24.2 Å². The van der Waals surface area contributed by atoms with Crippen molar-refractivity contribution in [3.63, 3.8) is 0 Å². The maximum absolute atomic E-state index is 10.9. The van der Waals surface area contributed by atoms with Crippen LogP contribution in [0.5, 0.6) is 28.7 Å². The first kappa shape index (κ1) is 20.6. The zero-order valence-corrected chi connectivity index (χ0v) is 18.3. The van der Waals surface area contributed by atoms with E-state index in [4.69, 9.17) is 23.7 Å².